The molecule has 1 unspecified atom stereocenters. The number of nitrogens with two attached hydrogens (primary N) is 1. The molecule has 0 radical (unpaired) electrons. The first-order valence-corrected chi connectivity index (χ1v) is 12.1. The molecule has 2 N–H and O–H groups in total. The zero-order chi connectivity index (χ0) is 24.9. The molecule has 2 aliphatic rings. The smallest absolute Gasteiger partial charge is 0.161 e. The van der Waals surface area contributed by atoms with Gasteiger partial charge in [0.1, 0.15) is 11.0 Å². The van der Waals surface area contributed by atoms with Crippen molar-refractivity contribution in [2.24, 2.45) is 5.73 Å². The minimum absolute atomic E-state index is 0.00554. The van der Waals surface area contributed by atoms with Crippen LogP contribution in [0.1, 0.15) is 42.0 Å². The summed E-state index contributed by atoms with van der Waals surface area (Å²) in [6, 6.07) is 17.3. The fourth-order valence-corrected chi connectivity index (χ4v) is 5.46. The number of aromatic nitrogens is 2. The van der Waals surface area contributed by atoms with E-state index in [9.17, 15) is 10.1 Å². The Kier molecular flexibility index (Phi) is 5.92. The van der Waals surface area contributed by atoms with Gasteiger partial charge in [-0.1, -0.05) is 40.9 Å². The highest BCUT2D eigenvalue weighted by Gasteiger charge is 2.42. The third kappa shape index (κ3) is 3.81. The molecule has 1 aromatic heterocycles. The topological polar surface area (TPSA) is 87.9 Å². The molecule has 2 aromatic carbocycles. The molecular formula is C27H23Cl2N5O. The number of benzene rings is 2. The minimum atomic E-state index is -0.682. The second kappa shape index (κ2) is 8.92. The first-order chi connectivity index (χ1) is 16.8. The molecule has 0 spiro atoms. The van der Waals surface area contributed by atoms with Crippen LogP contribution in [0.3, 0.4) is 0 Å². The van der Waals surface area contributed by atoms with Gasteiger partial charge in [0.15, 0.2) is 5.78 Å². The van der Waals surface area contributed by atoms with Crippen LogP contribution in [0, 0.1) is 25.2 Å². The molecule has 1 aliphatic heterocycles. The number of Topliss-reactive ketones (excluding diaryl/α,β-unsaturated/α-hetero) is 1. The molecule has 3 aromatic rings. The van der Waals surface area contributed by atoms with E-state index >= 15 is 0 Å². The van der Waals surface area contributed by atoms with E-state index in [4.69, 9.17) is 28.9 Å². The number of anilines is 1. The van der Waals surface area contributed by atoms with Gasteiger partial charge in [-0.3, -0.25) is 9.69 Å². The van der Waals surface area contributed by atoms with Crippen LogP contribution in [0.4, 0.5) is 5.69 Å². The van der Waals surface area contributed by atoms with E-state index in [1.54, 1.807) is 16.8 Å². The van der Waals surface area contributed by atoms with Crippen LogP contribution >= 0.6 is 23.2 Å². The number of hydrogen-bond donors (Lipinski definition) is 1. The second-order valence-corrected chi connectivity index (χ2v) is 9.62. The Balaban J connectivity index is 1.73. The molecule has 0 fully saturated rings. The zero-order valence-corrected chi connectivity index (χ0v) is 20.9. The van der Waals surface area contributed by atoms with Crippen LogP contribution in [0.2, 0.25) is 10.2 Å². The minimum Gasteiger partial charge on any atom is -0.384 e. The quantitative estimate of drug-likeness (QED) is 0.466. The molecule has 8 heteroatoms. The van der Waals surface area contributed by atoms with Crippen molar-refractivity contribution >= 4 is 34.7 Å². The maximum Gasteiger partial charge on any atom is 0.161 e. The summed E-state index contributed by atoms with van der Waals surface area (Å²) in [5.41, 5.74) is 12.2. The van der Waals surface area contributed by atoms with E-state index in [1.165, 1.54) is 0 Å². The number of allylic oxidation sites excluding steroid dienone is 3. The summed E-state index contributed by atoms with van der Waals surface area (Å²) in [6.07, 6.45) is 1.77. The lowest BCUT2D eigenvalue weighted by molar-refractivity contribution is -0.116. The van der Waals surface area contributed by atoms with Gasteiger partial charge in [0.25, 0.3) is 0 Å². The Morgan fingerprint density at radius 2 is 1.69 bits per heavy atom. The van der Waals surface area contributed by atoms with Crippen molar-refractivity contribution in [3.8, 4) is 11.8 Å². The van der Waals surface area contributed by atoms with Crippen molar-refractivity contribution in [1.29, 1.82) is 5.26 Å². The fourth-order valence-electron chi connectivity index (χ4n) is 4.96. The average molecular weight is 504 g/mol. The third-order valence-electron chi connectivity index (χ3n) is 6.61. The number of carbonyl (C=O) groups is 1. The van der Waals surface area contributed by atoms with Crippen LogP contribution in [0.15, 0.2) is 71.2 Å². The van der Waals surface area contributed by atoms with E-state index in [1.807, 2.05) is 55.1 Å². The van der Waals surface area contributed by atoms with Crippen molar-refractivity contribution in [2.75, 3.05) is 4.90 Å². The Bertz CT molecular complexity index is 1440. The average Bonchev–Trinajstić information content (AvgIpc) is 3.13. The highest BCUT2D eigenvalue weighted by Crippen LogP contribution is 2.48. The Morgan fingerprint density at radius 3 is 2.34 bits per heavy atom. The lowest BCUT2D eigenvalue weighted by Gasteiger charge is -2.39. The summed E-state index contributed by atoms with van der Waals surface area (Å²) in [7, 11) is 0. The van der Waals surface area contributed by atoms with Crippen molar-refractivity contribution in [3.63, 3.8) is 0 Å². The van der Waals surface area contributed by atoms with E-state index in [-0.39, 0.29) is 17.2 Å². The van der Waals surface area contributed by atoms with Gasteiger partial charge in [-0.25, -0.2) is 4.68 Å². The molecule has 0 amide bonds. The maximum absolute atomic E-state index is 13.4. The van der Waals surface area contributed by atoms with E-state index in [0.717, 1.165) is 22.6 Å². The molecule has 35 heavy (non-hydrogen) atoms. The van der Waals surface area contributed by atoms with Gasteiger partial charge in [-0.2, -0.15) is 10.4 Å². The molecule has 176 valence electrons. The number of aryl methyl sites for hydroxylation is 2. The number of nitrogens with zero attached hydrogens (tertiary/aromatic N) is 4. The molecule has 6 nitrogen and oxygen atoms in total. The van der Waals surface area contributed by atoms with Crippen molar-refractivity contribution in [3.05, 3.63) is 98.2 Å². The van der Waals surface area contributed by atoms with Crippen LogP contribution in [-0.4, -0.2) is 15.6 Å². The lowest BCUT2D eigenvalue weighted by atomic mass is 9.75. The highest BCUT2D eigenvalue weighted by atomic mass is 35.5. The molecule has 1 aliphatic carbocycles. The van der Waals surface area contributed by atoms with E-state index < -0.39 is 5.92 Å². The van der Waals surface area contributed by atoms with Gasteiger partial charge in [0, 0.05) is 34.0 Å². The van der Waals surface area contributed by atoms with Crippen LogP contribution < -0.4 is 10.6 Å². The van der Waals surface area contributed by atoms with E-state index in [2.05, 4.69) is 11.2 Å². The van der Waals surface area contributed by atoms with Gasteiger partial charge in [0.05, 0.1) is 28.9 Å². The van der Waals surface area contributed by atoms with Crippen molar-refractivity contribution in [1.82, 2.24) is 9.78 Å². The standard InChI is InChI=1S/C27H23Cl2N5O/c1-15-6-10-19(11-7-15)34-26(29)23(16(2)32-34)24-20(14-30)27(31)33(18-12-8-17(28)9-13-18)21-4-3-5-22(35)25(21)24/h6-13,24H,3-5,31H2,1-2H3. The summed E-state index contributed by atoms with van der Waals surface area (Å²) in [5.74, 6) is -0.404. The highest BCUT2D eigenvalue weighted by molar-refractivity contribution is 6.31. The van der Waals surface area contributed by atoms with Gasteiger partial charge < -0.3 is 5.73 Å². The molecular weight excluding hydrogens is 481 g/mol. The first kappa shape index (κ1) is 23.2. The third-order valence-corrected chi connectivity index (χ3v) is 7.23. The number of halogens is 2. The van der Waals surface area contributed by atoms with Gasteiger partial charge in [0.2, 0.25) is 0 Å². The van der Waals surface area contributed by atoms with Gasteiger partial charge in [-0.05, 0) is 63.1 Å². The second-order valence-electron chi connectivity index (χ2n) is 8.83. The van der Waals surface area contributed by atoms with Crippen LogP contribution in [0.25, 0.3) is 5.69 Å². The molecule has 0 saturated heterocycles. The summed E-state index contributed by atoms with van der Waals surface area (Å²) >= 11 is 13.0. The first-order valence-electron chi connectivity index (χ1n) is 11.4. The van der Waals surface area contributed by atoms with E-state index in [0.29, 0.717) is 46.3 Å². The monoisotopic (exact) mass is 503 g/mol. The molecule has 1 atom stereocenters. The summed E-state index contributed by atoms with van der Waals surface area (Å²) in [5, 5.41) is 15.9. The SMILES string of the molecule is Cc1ccc(-n2nc(C)c(C3C(C#N)=C(N)N(c4ccc(Cl)cc4)C4=C3C(=O)CCC4)c2Cl)cc1. The van der Waals surface area contributed by atoms with Crippen LogP contribution in [-0.2, 0) is 4.79 Å². The number of ketones is 1. The van der Waals surface area contributed by atoms with Gasteiger partial charge in [-0.15, -0.1) is 0 Å². The summed E-state index contributed by atoms with van der Waals surface area (Å²) < 4.78 is 1.65. The summed E-state index contributed by atoms with van der Waals surface area (Å²) in [6.45, 7) is 3.85. The Hall–Kier alpha value is -3.53. The lowest BCUT2D eigenvalue weighted by Crippen LogP contribution is -2.38. The van der Waals surface area contributed by atoms with Crippen molar-refractivity contribution in [2.45, 2.75) is 39.0 Å². The van der Waals surface area contributed by atoms with Crippen LogP contribution in [0.5, 0.6) is 0 Å². The Morgan fingerprint density at radius 1 is 1.03 bits per heavy atom. The molecule has 0 bridgehead atoms. The predicted molar refractivity (Wildman–Crippen MR) is 137 cm³/mol. The number of carbonyl (C=O) groups excluding carboxylic acids is 1. The number of nitriles is 1. The molecule has 2 heterocycles. The molecule has 5 rings (SSSR count). The maximum atomic E-state index is 13.4. The number of hydrogen-bond acceptors (Lipinski definition) is 5. The fraction of sp³-hybridized carbons (Fsp3) is 0.222. The number of rotatable bonds is 3. The van der Waals surface area contributed by atoms with Gasteiger partial charge >= 0.3 is 0 Å². The largest absolute Gasteiger partial charge is 0.384 e. The zero-order valence-electron chi connectivity index (χ0n) is 19.3. The Labute approximate surface area is 213 Å². The predicted octanol–water partition coefficient (Wildman–Crippen LogP) is 6.10. The normalized spacial score (nSPS) is 18.1. The molecule has 0 saturated carbocycles. The summed E-state index contributed by atoms with van der Waals surface area (Å²) in [4.78, 5) is 15.2. The van der Waals surface area contributed by atoms with Crippen molar-refractivity contribution < 1.29 is 4.79 Å².